The van der Waals surface area contributed by atoms with Crippen LogP contribution >= 0.6 is 0 Å². The van der Waals surface area contributed by atoms with Crippen LogP contribution in [0.4, 0.5) is 0 Å². The Kier molecular flexibility index (Phi) is 3.96. The molecular formula is C15H18N4O2. The van der Waals surface area contributed by atoms with Crippen molar-refractivity contribution in [2.45, 2.75) is 25.9 Å². The third-order valence-electron chi connectivity index (χ3n) is 3.62. The number of hydrogen-bond acceptors (Lipinski definition) is 4. The summed E-state index contributed by atoms with van der Waals surface area (Å²) in [5.74, 6) is -0.204. The van der Waals surface area contributed by atoms with Gasteiger partial charge in [-0.15, -0.1) is 5.10 Å². The minimum Gasteiger partial charge on any atom is -0.376 e. The van der Waals surface area contributed by atoms with E-state index in [1.165, 1.54) is 0 Å². The van der Waals surface area contributed by atoms with Crippen molar-refractivity contribution in [1.29, 1.82) is 0 Å². The highest BCUT2D eigenvalue weighted by Gasteiger charge is 2.20. The molecule has 0 bridgehead atoms. The molecule has 0 radical (unpaired) electrons. The van der Waals surface area contributed by atoms with Gasteiger partial charge in [0.25, 0.3) is 5.91 Å². The number of hydrogen-bond donors (Lipinski definition) is 1. The highest BCUT2D eigenvalue weighted by molar-refractivity contribution is 5.93. The number of nitrogens with zero attached hydrogens (tertiary/aromatic N) is 3. The topological polar surface area (TPSA) is 69.0 Å². The lowest BCUT2D eigenvalue weighted by atomic mass is 10.2. The minimum atomic E-state index is -0.204. The summed E-state index contributed by atoms with van der Waals surface area (Å²) in [5.41, 5.74) is 1.98. The summed E-state index contributed by atoms with van der Waals surface area (Å²) >= 11 is 0. The molecule has 0 spiro atoms. The van der Waals surface area contributed by atoms with Gasteiger partial charge in [-0.3, -0.25) is 4.79 Å². The monoisotopic (exact) mass is 286 g/mol. The van der Waals surface area contributed by atoms with Gasteiger partial charge in [0.1, 0.15) is 0 Å². The molecule has 21 heavy (non-hydrogen) atoms. The molecule has 1 aromatic carbocycles. The summed E-state index contributed by atoms with van der Waals surface area (Å²) in [4.78, 5) is 12.2. The highest BCUT2D eigenvalue weighted by Crippen LogP contribution is 2.13. The Morgan fingerprint density at radius 1 is 1.43 bits per heavy atom. The molecule has 0 saturated carbocycles. The van der Waals surface area contributed by atoms with Crippen LogP contribution in [-0.2, 0) is 4.74 Å². The first-order valence-corrected chi connectivity index (χ1v) is 7.13. The van der Waals surface area contributed by atoms with E-state index in [0.29, 0.717) is 12.2 Å². The van der Waals surface area contributed by atoms with E-state index in [4.69, 9.17) is 4.74 Å². The molecule has 1 N–H and O–H groups in total. The summed E-state index contributed by atoms with van der Waals surface area (Å²) in [6.07, 6.45) is 2.18. The molecule has 1 aromatic heterocycles. The molecule has 1 atom stereocenters. The van der Waals surface area contributed by atoms with Gasteiger partial charge in [-0.05, 0) is 31.9 Å². The van der Waals surface area contributed by atoms with Crippen LogP contribution in [-0.4, -0.2) is 40.2 Å². The Balaban J connectivity index is 1.71. The van der Waals surface area contributed by atoms with E-state index in [1.807, 2.05) is 37.3 Å². The molecule has 1 saturated heterocycles. The average molecular weight is 286 g/mol. The fraction of sp³-hybridized carbons (Fsp3) is 0.400. The van der Waals surface area contributed by atoms with Crippen molar-refractivity contribution in [2.24, 2.45) is 0 Å². The molecule has 1 fully saturated rings. The lowest BCUT2D eigenvalue weighted by molar-refractivity contribution is 0.0853. The number of rotatable bonds is 4. The van der Waals surface area contributed by atoms with Gasteiger partial charge in [-0.2, -0.15) is 0 Å². The molecule has 2 heterocycles. The molecule has 1 amide bonds. The summed E-state index contributed by atoms with van der Waals surface area (Å²) < 4.78 is 7.16. The first-order valence-electron chi connectivity index (χ1n) is 7.13. The van der Waals surface area contributed by atoms with Crippen molar-refractivity contribution in [2.75, 3.05) is 13.2 Å². The van der Waals surface area contributed by atoms with E-state index in [2.05, 4.69) is 15.6 Å². The van der Waals surface area contributed by atoms with Crippen molar-refractivity contribution in [1.82, 2.24) is 20.3 Å². The van der Waals surface area contributed by atoms with Crippen molar-refractivity contribution in [3.63, 3.8) is 0 Å². The number of para-hydroxylation sites is 1. The predicted octanol–water partition coefficient (Wildman–Crippen LogP) is 1.48. The lowest BCUT2D eigenvalue weighted by Crippen LogP contribution is -2.32. The summed E-state index contributed by atoms with van der Waals surface area (Å²) in [6, 6.07) is 9.64. The van der Waals surface area contributed by atoms with Crippen LogP contribution < -0.4 is 5.32 Å². The van der Waals surface area contributed by atoms with Crippen molar-refractivity contribution >= 4 is 5.91 Å². The average Bonchev–Trinajstić information content (AvgIpc) is 3.15. The van der Waals surface area contributed by atoms with E-state index in [9.17, 15) is 4.79 Å². The van der Waals surface area contributed by atoms with E-state index in [-0.39, 0.29) is 12.0 Å². The van der Waals surface area contributed by atoms with E-state index in [1.54, 1.807) is 4.68 Å². The first-order chi connectivity index (χ1) is 10.3. The van der Waals surface area contributed by atoms with Crippen molar-refractivity contribution in [3.05, 3.63) is 41.7 Å². The van der Waals surface area contributed by atoms with E-state index < -0.39 is 0 Å². The number of amides is 1. The predicted molar refractivity (Wildman–Crippen MR) is 77.4 cm³/mol. The molecule has 1 aliphatic rings. The first kappa shape index (κ1) is 13.8. The number of nitrogens with one attached hydrogen (secondary N) is 1. The van der Waals surface area contributed by atoms with Crippen molar-refractivity contribution < 1.29 is 9.53 Å². The maximum absolute atomic E-state index is 12.2. The largest absolute Gasteiger partial charge is 0.376 e. The Hall–Kier alpha value is -2.21. The number of ether oxygens (including phenoxy) is 1. The quantitative estimate of drug-likeness (QED) is 0.924. The second kappa shape index (κ2) is 6.05. The van der Waals surface area contributed by atoms with Crippen LogP contribution in [0, 0.1) is 6.92 Å². The molecule has 3 rings (SSSR count). The molecule has 6 nitrogen and oxygen atoms in total. The molecular weight excluding hydrogens is 268 g/mol. The van der Waals surface area contributed by atoms with Crippen LogP contribution in [0.15, 0.2) is 30.3 Å². The number of carbonyl (C=O) groups excluding carboxylic acids is 1. The van der Waals surface area contributed by atoms with Gasteiger partial charge in [0.05, 0.1) is 17.5 Å². The molecule has 110 valence electrons. The zero-order chi connectivity index (χ0) is 14.7. The van der Waals surface area contributed by atoms with Crippen LogP contribution in [0.2, 0.25) is 0 Å². The zero-order valence-corrected chi connectivity index (χ0v) is 12.0. The van der Waals surface area contributed by atoms with Gasteiger partial charge in [0.15, 0.2) is 5.69 Å². The van der Waals surface area contributed by atoms with Gasteiger partial charge in [0, 0.05) is 13.2 Å². The normalized spacial score (nSPS) is 17.9. The van der Waals surface area contributed by atoms with Gasteiger partial charge in [-0.25, -0.2) is 4.68 Å². The fourth-order valence-corrected chi connectivity index (χ4v) is 2.45. The third kappa shape index (κ3) is 2.95. The minimum absolute atomic E-state index is 0.124. The number of aromatic nitrogens is 3. The van der Waals surface area contributed by atoms with E-state index >= 15 is 0 Å². The number of carbonyl (C=O) groups is 1. The lowest BCUT2D eigenvalue weighted by Gasteiger charge is -2.10. The Labute approximate surface area is 123 Å². The summed E-state index contributed by atoms with van der Waals surface area (Å²) in [6.45, 7) is 3.15. The molecule has 6 heteroatoms. The highest BCUT2D eigenvalue weighted by atomic mass is 16.5. The second-order valence-corrected chi connectivity index (χ2v) is 5.12. The third-order valence-corrected chi connectivity index (χ3v) is 3.62. The van der Waals surface area contributed by atoms with Crippen LogP contribution in [0.1, 0.15) is 29.0 Å². The molecule has 2 aromatic rings. The Bertz CT molecular complexity index is 618. The van der Waals surface area contributed by atoms with Gasteiger partial charge < -0.3 is 10.1 Å². The van der Waals surface area contributed by atoms with Gasteiger partial charge >= 0.3 is 0 Å². The molecule has 1 aliphatic heterocycles. The Morgan fingerprint density at radius 2 is 2.24 bits per heavy atom. The smallest absolute Gasteiger partial charge is 0.273 e. The molecule has 0 unspecified atom stereocenters. The van der Waals surface area contributed by atoms with Gasteiger partial charge in [0.2, 0.25) is 0 Å². The van der Waals surface area contributed by atoms with Gasteiger partial charge in [-0.1, -0.05) is 23.4 Å². The van der Waals surface area contributed by atoms with Crippen LogP contribution in [0.25, 0.3) is 5.69 Å². The zero-order valence-electron chi connectivity index (χ0n) is 12.0. The van der Waals surface area contributed by atoms with Crippen LogP contribution in [0.5, 0.6) is 0 Å². The Morgan fingerprint density at radius 3 is 2.95 bits per heavy atom. The molecule has 0 aliphatic carbocycles. The fourth-order valence-electron chi connectivity index (χ4n) is 2.45. The maximum Gasteiger partial charge on any atom is 0.273 e. The van der Waals surface area contributed by atoms with E-state index in [0.717, 1.165) is 30.8 Å². The second-order valence-electron chi connectivity index (χ2n) is 5.12. The SMILES string of the molecule is Cc1c(C(=O)NC[C@H]2CCCO2)nnn1-c1ccccc1. The van der Waals surface area contributed by atoms with Crippen molar-refractivity contribution in [3.8, 4) is 5.69 Å². The summed E-state index contributed by atoms with van der Waals surface area (Å²) in [7, 11) is 0. The summed E-state index contributed by atoms with van der Waals surface area (Å²) in [5, 5.41) is 10.9. The van der Waals surface area contributed by atoms with Crippen LogP contribution in [0.3, 0.4) is 0 Å². The maximum atomic E-state index is 12.2. The number of benzene rings is 1. The standard InChI is InChI=1S/C15H18N4O2/c1-11-14(15(20)16-10-13-8-5-9-21-13)17-18-19(11)12-6-3-2-4-7-12/h2-4,6-7,13H,5,8-10H2,1H3,(H,16,20)/t13-/m1/s1.